The Labute approximate surface area is 190 Å². The zero-order valence-corrected chi connectivity index (χ0v) is 20.7. The van der Waals surface area contributed by atoms with Crippen molar-refractivity contribution in [3.8, 4) is 0 Å². The molecular formula is C26H41N3S. The van der Waals surface area contributed by atoms with E-state index < -0.39 is 0 Å². The maximum Gasteiger partial charge on any atom is 0.0296 e. The van der Waals surface area contributed by atoms with Crippen molar-refractivity contribution in [2.75, 3.05) is 25.9 Å². The minimum Gasteiger partial charge on any atom is -0.389 e. The minimum absolute atomic E-state index is 0.696. The van der Waals surface area contributed by atoms with Crippen LogP contribution >= 0.6 is 12.6 Å². The molecule has 3 nitrogen and oxygen atoms in total. The Bertz CT molecular complexity index is 753. The summed E-state index contributed by atoms with van der Waals surface area (Å²) in [6.07, 6.45) is 6.22. The van der Waals surface area contributed by atoms with E-state index in [0.717, 1.165) is 42.9 Å². The number of aliphatic imine (C=N–C) groups is 1. The molecule has 30 heavy (non-hydrogen) atoms. The first-order valence-corrected chi connectivity index (χ1v) is 11.1. The SMILES string of the molecule is C=C(CS)NCCCCN/C(C)=C/C(=C)c1ccccc1C.CN=CC(C)=C(C)C. The molecule has 166 valence electrons. The van der Waals surface area contributed by atoms with Gasteiger partial charge in [0, 0.05) is 43.5 Å². The molecule has 1 aromatic rings. The van der Waals surface area contributed by atoms with Gasteiger partial charge in [0.2, 0.25) is 0 Å². The summed E-state index contributed by atoms with van der Waals surface area (Å²) in [6, 6.07) is 8.33. The standard InChI is InChI=1S/C19H28N2S.C7H13N/c1-15-9-5-6-10-19(15)16(2)13-17(3)20-11-7-8-12-21-18(4)14-22;1-6(2)7(3)5-8-4/h5-6,9-10,13,20-22H,2,4,7-8,11-12,14H2,1,3H3;5H,1-4H3/b17-13+;. The van der Waals surface area contributed by atoms with Crippen molar-refractivity contribution in [3.63, 3.8) is 0 Å². The molecule has 0 bridgehead atoms. The number of thiol groups is 1. The fourth-order valence-corrected chi connectivity index (χ4v) is 2.61. The van der Waals surface area contributed by atoms with Crippen molar-refractivity contribution in [1.82, 2.24) is 10.6 Å². The van der Waals surface area contributed by atoms with E-state index in [0.29, 0.717) is 5.75 Å². The smallest absolute Gasteiger partial charge is 0.0296 e. The van der Waals surface area contributed by atoms with E-state index in [4.69, 9.17) is 0 Å². The fraction of sp³-hybridized carbons (Fsp3) is 0.423. The Morgan fingerprint density at radius 3 is 2.13 bits per heavy atom. The van der Waals surface area contributed by atoms with Crippen molar-refractivity contribution in [2.24, 2.45) is 4.99 Å². The van der Waals surface area contributed by atoms with Crippen molar-refractivity contribution in [2.45, 2.75) is 47.5 Å². The van der Waals surface area contributed by atoms with Crippen LogP contribution < -0.4 is 10.6 Å². The average molecular weight is 428 g/mol. The predicted octanol–water partition coefficient (Wildman–Crippen LogP) is 6.36. The molecule has 0 radical (unpaired) electrons. The van der Waals surface area contributed by atoms with E-state index in [9.17, 15) is 0 Å². The third-order valence-corrected chi connectivity index (χ3v) is 4.95. The van der Waals surface area contributed by atoms with E-state index in [-0.39, 0.29) is 0 Å². The van der Waals surface area contributed by atoms with E-state index in [1.54, 1.807) is 7.05 Å². The number of hydrogen-bond acceptors (Lipinski definition) is 4. The van der Waals surface area contributed by atoms with Crippen LogP contribution in [0.3, 0.4) is 0 Å². The maximum atomic E-state index is 4.17. The van der Waals surface area contributed by atoms with E-state index in [1.165, 1.54) is 22.3 Å². The first-order chi connectivity index (χ1) is 14.2. The Kier molecular flexibility index (Phi) is 15.4. The molecule has 0 amide bonds. The lowest BCUT2D eigenvalue weighted by Crippen LogP contribution is -2.18. The molecule has 0 atom stereocenters. The van der Waals surface area contributed by atoms with Crippen molar-refractivity contribution in [3.05, 3.63) is 77.2 Å². The van der Waals surface area contributed by atoms with Crippen molar-refractivity contribution in [1.29, 1.82) is 0 Å². The second kappa shape index (κ2) is 16.6. The van der Waals surface area contributed by atoms with Gasteiger partial charge in [-0.05, 0) is 75.8 Å². The van der Waals surface area contributed by atoms with Crippen LogP contribution in [0.15, 0.2) is 71.0 Å². The van der Waals surface area contributed by atoms with Crippen LogP contribution in [0.25, 0.3) is 5.57 Å². The summed E-state index contributed by atoms with van der Waals surface area (Å²) in [5.74, 6) is 0.696. The molecular weight excluding hydrogens is 386 g/mol. The normalized spacial score (nSPS) is 10.8. The highest BCUT2D eigenvalue weighted by atomic mass is 32.1. The van der Waals surface area contributed by atoms with Crippen LogP contribution in [0.1, 0.15) is 51.7 Å². The summed E-state index contributed by atoms with van der Waals surface area (Å²) in [6.45, 7) is 20.4. The molecule has 0 aliphatic heterocycles. The maximum absolute atomic E-state index is 4.17. The number of hydrogen-bond donors (Lipinski definition) is 3. The van der Waals surface area contributed by atoms with Gasteiger partial charge in [0.1, 0.15) is 0 Å². The van der Waals surface area contributed by atoms with Gasteiger partial charge in [0.25, 0.3) is 0 Å². The van der Waals surface area contributed by atoms with Crippen LogP contribution in [0, 0.1) is 6.92 Å². The zero-order valence-electron chi connectivity index (χ0n) is 19.8. The number of allylic oxidation sites excluding steroid dienone is 5. The highest BCUT2D eigenvalue weighted by Crippen LogP contribution is 2.18. The van der Waals surface area contributed by atoms with Gasteiger partial charge in [-0.1, -0.05) is 43.0 Å². The molecule has 0 aliphatic carbocycles. The van der Waals surface area contributed by atoms with E-state index in [2.05, 4.69) is 106 Å². The Balaban J connectivity index is 0.000000890. The molecule has 0 aliphatic rings. The lowest BCUT2D eigenvalue weighted by Gasteiger charge is -2.10. The summed E-state index contributed by atoms with van der Waals surface area (Å²) in [5.41, 5.74) is 8.24. The number of nitrogens with one attached hydrogen (secondary N) is 2. The van der Waals surface area contributed by atoms with Crippen LogP contribution in [-0.2, 0) is 0 Å². The third kappa shape index (κ3) is 13.1. The minimum atomic E-state index is 0.696. The van der Waals surface area contributed by atoms with Crippen LogP contribution in [0.5, 0.6) is 0 Å². The molecule has 0 spiro atoms. The number of rotatable bonds is 11. The van der Waals surface area contributed by atoms with Gasteiger partial charge < -0.3 is 10.6 Å². The van der Waals surface area contributed by atoms with Gasteiger partial charge in [-0.25, -0.2) is 0 Å². The first-order valence-electron chi connectivity index (χ1n) is 10.5. The van der Waals surface area contributed by atoms with Gasteiger partial charge >= 0.3 is 0 Å². The Morgan fingerprint density at radius 2 is 1.63 bits per heavy atom. The molecule has 0 unspecified atom stereocenters. The molecule has 0 saturated heterocycles. The highest BCUT2D eigenvalue weighted by Gasteiger charge is 2.00. The Morgan fingerprint density at radius 1 is 1.03 bits per heavy atom. The molecule has 0 saturated carbocycles. The van der Waals surface area contributed by atoms with Crippen molar-refractivity contribution < 1.29 is 0 Å². The van der Waals surface area contributed by atoms with E-state index >= 15 is 0 Å². The van der Waals surface area contributed by atoms with E-state index in [1.807, 2.05) is 6.21 Å². The highest BCUT2D eigenvalue weighted by molar-refractivity contribution is 7.80. The largest absolute Gasteiger partial charge is 0.389 e. The second-order valence-corrected chi connectivity index (χ2v) is 7.88. The molecule has 4 heteroatoms. The number of benzene rings is 1. The summed E-state index contributed by atoms with van der Waals surface area (Å²) in [5, 5.41) is 6.69. The molecule has 0 fully saturated rings. The molecule has 0 heterocycles. The number of nitrogens with zero attached hydrogens (tertiary/aromatic N) is 1. The van der Waals surface area contributed by atoms with Gasteiger partial charge in [0.15, 0.2) is 0 Å². The molecule has 2 N–H and O–H groups in total. The Hall–Kier alpha value is -2.20. The number of unbranched alkanes of at least 4 members (excludes halogenated alkanes) is 1. The quantitative estimate of drug-likeness (QED) is 0.166. The van der Waals surface area contributed by atoms with Gasteiger partial charge in [-0.15, -0.1) is 0 Å². The lowest BCUT2D eigenvalue weighted by atomic mass is 10.0. The van der Waals surface area contributed by atoms with Gasteiger partial charge in [-0.2, -0.15) is 12.6 Å². The predicted molar refractivity (Wildman–Crippen MR) is 141 cm³/mol. The molecule has 1 rings (SSSR count). The summed E-state index contributed by atoms with van der Waals surface area (Å²) >= 11 is 4.16. The van der Waals surface area contributed by atoms with Crippen LogP contribution in [-0.4, -0.2) is 32.1 Å². The monoisotopic (exact) mass is 427 g/mol. The van der Waals surface area contributed by atoms with Crippen molar-refractivity contribution >= 4 is 24.4 Å². The number of aryl methyl sites for hydroxylation is 1. The molecule has 0 aromatic heterocycles. The topological polar surface area (TPSA) is 36.4 Å². The first kappa shape index (κ1) is 27.8. The zero-order chi connectivity index (χ0) is 22.9. The third-order valence-electron chi connectivity index (χ3n) is 4.57. The van der Waals surface area contributed by atoms with Gasteiger partial charge in [-0.3, -0.25) is 4.99 Å². The summed E-state index contributed by atoms with van der Waals surface area (Å²) in [7, 11) is 1.78. The summed E-state index contributed by atoms with van der Waals surface area (Å²) in [4.78, 5) is 3.87. The van der Waals surface area contributed by atoms with Crippen LogP contribution in [0.2, 0.25) is 0 Å². The molecule has 1 aromatic carbocycles. The lowest BCUT2D eigenvalue weighted by molar-refractivity contribution is 0.647. The van der Waals surface area contributed by atoms with Crippen LogP contribution in [0.4, 0.5) is 0 Å². The fourth-order valence-electron chi connectivity index (χ4n) is 2.50. The van der Waals surface area contributed by atoms with Gasteiger partial charge in [0.05, 0.1) is 0 Å². The second-order valence-electron chi connectivity index (χ2n) is 7.56. The summed E-state index contributed by atoms with van der Waals surface area (Å²) < 4.78 is 0. The average Bonchev–Trinajstić information content (AvgIpc) is 2.71.